The van der Waals surface area contributed by atoms with Crippen molar-refractivity contribution < 1.29 is 29.1 Å². The Balaban J connectivity index is 2.21. The van der Waals surface area contributed by atoms with E-state index in [0.717, 1.165) is 17.3 Å². The largest absolute Gasteiger partial charge is 0.508 e. The third-order valence-corrected chi connectivity index (χ3v) is 9.13. The molecule has 2 aromatic carbocycles. The lowest BCUT2D eigenvalue weighted by Gasteiger charge is -2.26. The highest BCUT2D eigenvalue weighted by Gasteiger charge is 2.31. The van der Waals surface area contributed by atoms with Crippen LogP contribution in [0.1, 0.15) is 50.7 Å². The van der Waals surface area contributed by atoms with Gasteiger partial charge in [-0.15, -0.1) is 0 Å². The first-order chi connectivity index (χ1) is 24.3. The third-order valence-electron chi connectivity index (χ3n) is 7.54. The number of benzene rings is 2. The first-order valence-electron chi connectivity index (χ1n) is 16.7. The zero-order chi connectivity index (χ0) is 37.8. The highest BCUT2D eigenvalue weighted by Crippen LogP contribution is 2.14. The van der Waals surface area contributed by atoms with Crippen LogP contribution in [-0.4, -0.2) is 89.1 Å². The van der Waals surface area contributed by atoms with Crippen LogP contribution in [0.15, 0.2) is 59.6 Å². The molecule has 14 nitrogen and oxygen atoms in total. The molecule has 2 aromatic rings. The van der Waals surface area contributed by atoms with Crippen molar-refractivity contribution in [3.8, 4) is 5.75 Å². The molecule has 16 heteroatoms. The second-order valence-electron chi connectivity index (χ2n) is 12.4. The van der Waals surface area contributed by atoms with Crippen molar-refractivity contribution in [3.05, 3.63) is 65.7 Å². The normalized spacial score (nSPS) is 13.3. The molecule has 0 saturated heterocycles. The number of aliphatic imine (C=N–C) groups is 1. The minimum atomic E-state index is -1.14. The third kappa shape index (κ3) is 17.5. The Morgan fingerprint density at radius 2 is 1.41 bits per heavy atom. The number of rotatable bonds is 22. The number of guanidine groups is 1. The summed E-state index contributed by atoms with van der Waals surface area (Å²) in [5.41, 5.74) is 18.6. The number of phenolic OH excluding ortho intramolecular Hbond substituents is 1. The van der Waals surface area contributed by atoms with E-state index in [4.69, 9.17) is 17.2 Å². The molecule has 0 aliphatic rings. The van der Waals surface area contributed by atoms with Crippen LogP contribution in [0.2, 0.25) is 0 Å². The Morgan fingerprint density at radius 3 is 2.02 bits per heavy atom. The lowest BCUT2D eigenvalue weighted by molar-refractivity contribution is -0.134. The average molecular weight is 745 g/mol. The molecule has 2 rings (SSSR count). The van der Waals surface area contributed by atoms with E-state index in [2.05, 4.69) is 26.3 Å². The van der Waals surface area contributed by atoms with Gasteiger partial charge in [0.1, 0.15) is 23.9 Å². The van der Waals surface area contributed by atoms with Crippen molar-refractivity contribution in [1.29, 1.82) is 0 Å². The molecule has 0 aromatic heterocycles. The Bertz CT molecular complexity index is 1440. The number of nitrogens with one attached hydrogen (secondary N) is 4. The number of hydrogen-bond donors (Lipinski definition) is 8. The van der Waals surface area contributed by atoms with Crippen LogP contribution in [0.4, 0.5) is 0 Å². The number of hydrogen-bond acceptors (Lipinski definition) is 10. The van der Waals surface area contributed by atoms with Crippen molar-refractivity contribution in [3.63, 3.8) is 0 Å². The summed E-state index contributed by atoms with van der Waals surface area (Å²) in [4.78, 5) is 70.3. The predicted molar refractivity (Wildman–Crippen MR) is 204 cm³/mol. The fraction of sp³-hybridized carbons (Fsp3) is 0.486. The quantitative estimate of drug-likeness (QED) is 0.0483. The van der Waals surface area contributed by atoms with Gasteiger partial charge in [-0.05, 0) is 66.9 Å². The Labute approximate surface area is 308 Å². The number of amides is 4. The molecule has 0 aliphatic carbocycles. The molecule has 51 heavy (non-hydrogen) atoms. The maximum absolute atomic E-state index is 13.8. The fourth-order valence-electron chi connectivity index (χ4n) is 4.86. The van der Waals surface area contributed by atoms with E-state index in [9.17, 15) is 29.1 Å². The highest BCUT2D eigenvalue weighted by atomic mass is 32.2. The predicted octanol–water partition coefficient (Wildman–Crippen LogP) is 1.15. The minimum absolute atomic E-state index is 0.0376. The highest BCUT2D eigenvalue weighted by molar-refractivity contribution is 8.13. The summed E-state index contributed by atoms with van der Waals surface area (Å²) in [5.74, 6) is -1.30. The van der Waals surface area contributed by atoms with E-state index < -0.39 is 47.8 Å². The Morgan fingerprint density at radius 1 is 0.804 bits per heavy atom. The molecule has 4 atom stereocenters. The molecular weight excluding hydrogens is 693 g/mol. The van der Waals surface area contributed by atoms with Gasteiger partial charge in [0.2, 0.25) is 28.7 Å². The summed E-state index contributed by atoms with van der Waals surface area (Å²) in [6, 6.07) is 11.5. The molecule has 4 amide bonds. The Kier molecular flexibility index (Phi) is 19.5. The van der Waals surface area contributed by atoms with Crippen molar-refractivity contribution in [2.75, 3.05) is 25.1 Å². The van der Waals surface area contributed by atoms with Crippen LogP contribution < -0.4 is 38.5 Å². The summed E-state index contributed by atoms with van der Waals surface area (Å²) in [7, 11) is 0. The van der Waals surface area contributed by atoms with Gasteiger partial charge in [-0.2, -0.15) is 11.8 Å². The lowest BCUT2D eigenvalue weighted by atomic mass is 10.0. The van der Waals surface area contributed by atoms with Crippen LogP contribution in [0.3, 0.4) is 0 Å². The van der Waals surface area contributed by atoms with Crippen LogP contribution in [0, 0.1) is 5.92 Å². The minimum Gasteiger partial charge on any atom is -0.508 e. The summed E-state index contributed by atoms with van der Waals surface area (Å²) >= 11 is 2.56. The SMILES string of the molecule is CSCC[C@H](NC(=O)[C@H](CCCN=C(N)N)NC(=O)[C@H](Cc1ccc(O)cc1)NC(=O)[C@@H](N)CC(C)C)C(=O)NCC(=O)SCc1ccccc1. The van der Waals surface area contributed by atoms with Gasteiger partial charge in [0.25, 0.3) is 0 Å². The average Bonchev–Trinajstić information content (AvgIpc) is 3.09. The number of aromatic hydroxyl groups is 1. The first kappa shape index (κ1) is 42.9. The Hall–Kier alpha value is -4.28. The van der Waals surface area contributed by atoms with E-state index in [1.165, 1.54) is 23.9 Å². The van der Waals surface area contributed by atoms with Gasteiger partial charge in [0.05, 0.1) is 12.6 Å². The van der Waals surface area contributed by atoms with Crippen molar-refractivity contribution in [2.24, 2.45) is 28.1 Å². The molecule has 0 bridgehead atoms. The molecule has 0 radical (unpaired) electrons. The fourth-order valence-corrected chi connectivity index (χ4v) is 6.03. The molecule has 0 heterocycles. The van der Waals surface area contributed by atoms with Crippen molar-refractivity contribution >= 4 is 58.2 Å². The van der Waals surface area contributed by atoms with Crippen LogP contribution in [0.5, 0.6) is 5.75 Å². The molecular formula is C35H52N8O6S2. The van der Waals surface area contributed by atoms with Crippen LogP contribution in [-0.2, 0) is 36.1 Å². The molecule has 0 aliphatic heterocycles. The molecule has 0 spiro atoms. The van der Waals surface area contributed by atoms with Crippen molar-refractivity contribution in [2.45, 2.75) is 75.9 Å². The van der Waals surface area contributed by atoms with Gasteiger partial charge in [0.15, 0.2) is 5.96 Å². The summed E-state index contributed by atoms with van der Waals surface area (Å²) in [6.45, 7) is 3.81. The summed E-state index contributed by atoms with van der Waals surface area (Å²) in [6.07, 6.45) is 2.98. The zero-order valence-corrected chi connectivity index (χ0v) is 31.1. The second kappa shape index (κ2) is 23.2. The summed E-state index contributed by atoms with van der Waals surface area (Å²) < 4.78 is 0. The molecule has 0 fully saturated rings. The van der Waals surface area contributed by atoms with Gasteiger partial charge in [-0.1, -0.05) is 68.1 Å². The van der Waals surface area contributed by atoms with Crippen LogP contribution in [0.25, 0.3) is 0 Å². The number of carbonyl (C=O) groups excluding carboxylic acids is 5. The topological polar surface area (TPSA) is 244 Å². The molecule has 11 N–H and O–H groups in total. The first-order valence-corrected chi connectivity index (χ1v) is 19.1. The maximum Gasteiger partial charge on any atom is 0.243 e. The summed E-state index contributed by atoms with van der Waals surface area (Å²) in [5, 5.41) is 20.3. The van der Waals surface area contributed by atoms with Gasteiger partial charge in [-0.25, -0.2) is 0 Å². The van der Waals surface area contributed by atoms with Gasteiger partial charge >= 0.3 is 0 Å². The number of thioether (sulfide) groups is 2. The van der Waals surface area contributed by atoms with E-state index in [1.807, 2.05) is 50.4 Å². The zero-order valence-electron chi connectivity index (χ0n) is 29.4. The molecule has 280 valence electrons. The second-order valence-corrected chi connectivity index (χ2v) is 14.4. The van der Waals surface area contributed by atoms with Crippen LogP contribution >= 0.6 is 23.5 Å². The van der Waals surface area contributed by atoms with Gasteiger partial charge < -0.3 is 43.6 Å². The monoisotopic (exact) mass is 744 g/mol. The van der Waals surface area contributed by atoms with E-state index in [0.29, 0.717) is 29.9 Å². The van der Waals surface area contributed by atoms with E-state index in [1.54, 1.807) is 12.1 Å². The smallest absolute Gasteiger partial charge is 0.243 e. The van der Waals surface area contributed by atoms with Gasteiger partial charge in [-0.3, -0.25) is 29.0 Å². The molecule has 0 saturated carbocycles. The van der Waals surface area contributed by atoms with E-state index >= 15 is 0 Å². The number of nitrogens with zero attached hydrogens (tertiary/aromatic N) is 1. The van der Waals surface area contributed by atoms with Crippen molar-refractivity contribution in [1.82, 2.24) is 21.3 Å². The van der Waals surface area contributed by atoms with Gasteiger partial charge in [0, 0.05) is 18.7 Å². The number of phenols is 1. The lowest BCUT2D eigenvalue weighted by Crippen LogP contribution is -2.58. The molecule has 0 unspecified atom stereocenters. The number of carbonyl (C=O) groups is 5. The van der Waals surface area contributed by atoms with E-state index in [-0.39, 0.29) is 55.1 Å². The standard InChI is InChI=1S/C35H52N8O6S2/c1-22(2)18-26(36)31(46)43-29(19-23-11-13-25(44)14-12-23)34(49)41-27(10-7-16-39-35(37)38)33(48)42-28(15-17-50-3)32(47)40-20-30(45)51-21-24-8-5-4-6-9-24/h4-6,8-9,11-14,22,26-29,44H,7,10,15-21,36H2,1-3H3,(H,40,47)(H,41,49)(H,42,48)(H,43,46)(H4,37,38,39)/t26-,27-,28-,29-/m0/s1. The maximum atomic E-state index is 13.8. The number of nitrogens with two attached hydrogens (primary N) is 3.